The Labute approximate surface area is 124 Å². The molecule has 0 aromatic carbocycles. The summed E-state index contributed by atoms with van der Waals surface area (Å²) in [5.74, 6) is 2.14. The van der Waals surface area contributed by atoms with E-state index in [-0.39, 0.29) is 11.8 Å². The molecular weight excluding hydrogens is 290 g/mol. The normalized spacial score (nSPS) is 21.1. The van der Waals surface area contributed by atoms with Gasteiger partial charge >= 0.3 is 0 Å². The van der Waals surface area contributed by atoms with Crippen molar-refractivity contribution >= 4 is 9.84 Å². The molecule has 0 unspecified atom stereocenters. The van der Waals surface area contributed by atoms with E-state index in [1.165, 1.54) is 0 Å². The lowest BCUT2D eigenvalue weighted by Gasteiger charge is -2.25. The van der Waals surface area contributed by atoms with Gasteiger partial charge < -0.3 is 4.42 Å². The van der Waals surface area contributed by atoms with Crippen LogP contribution in [0.25, 0.3) is 11.5 Å². The molecule has 0 amide bonds. The molecule has 0 aliphatic carbocycles. The summed E-state index contributed by atoms with van der Waals surface area (Å²) in [4.78, 5) is 2.17. The van der Waals surface area contributed by atoms with Crippen LogP contribution in [0.1, 0.15) is 19.1 Å². The Kier molecular flexibility index (Phi) is 3.86. The first-order valence-corrected chi connectivity index (χ1v) is 8.92. The predicted molar refractivity (Wildman–Crippen MR) is 79.4 cm³/mol. The lowest BCUT2D eigenvalue weighted by molar-refractivity contribution is 0.199. The first-order valence-electron chi connectivity index (χ1n) is 7.10. The van der Waals surface area contributed by atoms with E-state index in [9.17, 15) is 8.42 Å². The lowest BCUT2D eigenvalue weighted by atomic mass is 10.2. The lowest BCUT2D eigenvalue weighted by Crippen LogP contribution is -2.35. The van der Waals surface area contributed by atoms with Gasteiger partial charge in [0.05, 0.1) is 18.1 Å². The Morgan fingerprint density at radius 3 is 2.90 bits per heavy atom. The molecule has 1 fully saturated rings. The van der Waals surface area contributed by atoms with Gasteiger partial charge in [-0.1, -0.05) is 6.92 Å². The summed E-state index contributed by atoms with van der Waals surface area (Å²) in [6, 6.07) is 5.79. The summed E-state index contributed by atoms with van der Waals surface area (Å²) in [6.45, 7) is 3.48. The molecule has 0 spiro atoms. The fourth-order valence-corrected chi connectivity index (χ4v) is 4.52. The molecular formula is C14H19N3O3S. The van der Waals surface area contributed by atoms with Crippen LogP contribution in [-0.2, 0) is 16.4 Å². The number of H-pyrrole nitrogens is 1. The zero-order valence-corrected chi connectivity index (χ0v) is 12.8. The van der Waals surface area contributed by atoms with E-state index in [1.54, 1.807) is 6.20 Å². The van der Waals surface area contributed by atoms with Gasteiger partial charge in [-0.2, -0.15) is 5.10 Å². The van der Waals surface area contributed by atoms with Crippen molar-refractivity contribution in [1.29, 1.82) is 0 Å². The summed E-state index contributed by atoms with van der Waals surface area (Å²) < 4.78 is 29.0. The van der Waals surface area contributed by atoms with Crippen molar-refractivity contribution in [2.24, 2.45) is 0 Å². The van der Waals surface area contributed by atoms with Crippen molar-refractivity contribution in [2.75, 3.05) is 18.1 Å². The Morgan fingerprint density at radius 2 is 2.29 bits per heavy atom. The predicted octanol–water partition coefficient (Wildman–Crippen LogP) is 1.68. The van der Waals surface area contributed by atoms with Crippen LogP contribution >= 0.6 is 0 Å². The second-order valence-corrected chi connectivity index (χ2v) is 7.58. The highest BCUT2D eigenvalue weighted by Gasteiger charge is 2.31. The number of sulfone groups is 1. The van der Waals surface area contributed by atoms with E-state index in [2.05, 4.69) is 15.1 Å². The molecule has 0 radical (unpaired) electrons. The average molecular weight is 309 g/mol. The third-order valence-corrected chi connectivity index (χ3v) is 5.67. The Balaban J connectivity index is 1.70. The quantitative estimate of drug-likeness (QED) is 0.909. The van der Waals surface area contributed by atoms with E-state index in [0.29, 0.717) is 18.7 Å². The van der Waals surface area contributed by atoms with Gasteiger partial charge in [0, 0.05) is 12.2 Å². The largest absolute Gasteiger partial charge is 0.458 e. The topological polar surface area (TPSA) is 79.2 Å². The summed E-state index contributed by atoms with van der Waals surface area (Å²) in [5, 5.41) is 6.77. The maximum atomic E-state index is 11.6. The highest BCUT2D eigenvalue weighted by atomic mass is 32.2. The molecule has 3 heterocycles. The molecule has 2 aromatic heterocycles. The minimum absolute atomic E-state index is 0.0979. The van der Waals surface area contributed by atoms with Crippen LogP contribution in [0, 0.1) is 0 Å². The zero-order valence-electron chi connectivity index (χ0n) is 11.9. The summed E-state index contributed by atoms with van der Waals surface area (Å²) in [7, 11) is -2.86. The van der Waals surface area contributed by atoms with Gasteiger partial charge in [0.25, 0.3) is 0 Å². The van der Waals surface area contributed by atoms with Crippen LogP contribution in [0.2, 0.25) is 0 Å². The van der Waals surface area contributed by atoms with E-state index < -0.39 is 9.84 Å². The maximum absolute atomic E-state index is 11.6. The molecule has 6 nitrogen and oxygen atoms in total. The summed E-state index contributed by atoms with van der Waals surface area (Å²) >= 11 is 0. The number of hydrogen-bond acceptors (Lipinski definition) is 5. The van der Waals surface area contributed by atoms with Gasteiger partial charge in [-0.3, -0.25) is 10.00 Å². The van der Waals surface area contributed by atoms with Crippen LogP contribution < -0.4 is 0 Å². The Morgan fingerprint density at radius 1 is 1.43 bits per heavy atom. The second kappa shape index (κ2) is 5.65. The van der Waals surface area contributed by atoms with Crippen molar-refractivity contribution in [3.05, 3.63) is 30.2 Å². The van der Waals surface area contributed by atoms with E-state index in [0.717, 1.165) is 23.8 Å². The SMILES string of the molecule is CCN(Cc1ccc(-c2ccn[nH]2)o1)[C@H]1CCS(=O)(=O)C1. The third kappa shape index (κ3) is 3.19. The molecule has 0 saturated carbocycles. The smallest absolute Gasteiger partial charge is 0.152 e. The monoisotopic (exact) mass is 309 g/mol. The zero-order chi connectivity index (χ0) is 14.9. The van der Waals surface area contributed by atoms with Crippen LogP contribution in [0.5, 0.6) is 0 Å². The van der Waals surface area contributed by atoms with Crippen LogP contribution in [0.4, 0.5) is 0 Å². The third-order valence-electron chi connectivity index (χ3n) is 3.92. The van der Waals surface area contributed by atoms with Crippen LogP contribution in [-0.4, -0.2) is 47.6 Å². The van der Waals surface area contributed by atoms with Gasteiger partial charge in [-0.15, -0.1) is 0 Å². The number of hydrogen-bond donors (Lipinski definition) is 1. The van der Waals surface area contributed by atoms with Crippen molar-refractivity contribution in [1.82, 2.24) is 15.1 Å². The number of aromatic amines is 1. The number of nitrogens with one attached hydrogen (secondary N) is 1. The highest BCUT2D eigenvalue weighted by Crippen LogP contribution is 2.23. The van der Waals surface area contributed by atoms with Crippen LogP contribution in [0.15, 0.2) is 28.8 Å². The molecule has 1 aliphatic rings. The molecule has 114 valence electrons. The van der Waals surface area contributed by atoms with Gasteiger partial charge in [-0.05, 0) is 31.2 Å². The number of aromatic nitrogens is 2. The number of furan rings is 1. The van der Waals surface area contributed by atoms with Crippen LogP contribution in [0.3, 0.4) is 0 Å². The fraction of sp³-hybridized carbons (Fsp3) is 0.500. The van der Waals surface area contributed by atoms with E-state index in [1.807, 2.05) is 25.1 Å². The standard InChI is InChI=1S/C14H19N3O3S/c1-2-17(11-6-8-21(18,19)10-11)9-12-3-4-14(20-12)13-5-7-15-16-13/h3-5,7,11H,2,6,8-10H2,1H3,(H,15,16)/t11-/m0/s1. The fourth-order valence-electron chi connectivity index (χ4n) is 2.76. The maximum Gasteiger partial charge on any atom is 0.152 e. The van der Waals surface area contributed by atoms with Gasteiger partial charge in [0.2, 0.25) is 0 Å². The minimum atomic E-state index is -2.86. The number of rotatable bonds is 5. The molecule has 1 atom stereocenters. The Bertz CT molecular complexity index is 691. The molecule has 7 heteroatoms. The molecule has 2 aromatic rings. The first kappa shape index (κ1) is 14.3. The molecule has 3 rings (SSSR count). The van der Waals surface area contributed by atoms with E-state index in [4.69, 9.17) is 4.42 Å². The van der Waals surface area contributed by atoms with Crippen molar-refractivity contribution in [2.45, 2.75) is 25.9 Å². The molecule has 21 heavy (non-hydrogen) atoms. The minimum Gasteiger partial charge on any atom is -0.458 e. The average Bonchev–Trinajstić information content (AvgIpc) is 3.15. The van der Waals surface area contributed by atoms with Gasteiger partial charge in [0.1, 0.15) is 11.5 Å². The molecule has 1 N–H and O–H groups in total. The molecule has 1 saturated heterocycles. The second-order valence-electron chi connectivity index (χ2n) is 5.36. The van der Waals surface area contributed by atoms with Crippen molar-refractivity contribution in [3.8, 4) is 11.5 Å². The summed E-state index contributed by atoms with van der Waals surface area (Å²) in [5.41, 5.74) is 0.841. The first-order chi connectivity index (χ1) is 10.1. The van der Waals surface area contributed by atoms with Crippen molar-refractivity contribution < 1.29 is 12.8 Å². The molecule has 1 aliphatic heterocycles. The van der Waals surface area contributed by atoms with E-state index >= 15 is 0 Å². The van der Waals surface area contributed by atoms with Gasteiger partial charge in [-0.25, -0.2) is 8.42 Å². The van der Waals surface area contributed by atoms with Crippen molar-refractivity contribution in [3.63, 3.8) is 0 Å². The molecule has 0 bridgehead atoms. The van der Waals surface area contributed by atoms with Gasteiger partial charge in [0.15, 0.2) is 15.6 Å². The number of nitrogens with zero attached hydrogens (tertiary/aromatic N) is 2. The Hall–Kier alpha value is -1.60. The highest BCUT2D eigenvalue weighted by molar-refractivity contribution is 7.91. The summed E-state index contributed by atoms with van der Waals surface area (Å²) in [6.07, 6.45) is 2.39.